The van der Waals surface area contributed by atoms with E-state index >= 15 is 0 Å². The first-order chi connectivity index (χ1) is 7.50. The van der Waals surface area contributed by atoms with E-state index in [4.69, 9.17) is 17.3 Å². The Morgan fingerprint density at radius 1 is 1.62 bits per heavy atom. The van der Waals surface area contributed by atoms with Gasteiger partial charge >= 0.3 is 0 Å². The van der Waals surface area contributed by atoms with Gasteiger partial charge in [0.2, 0.25) is 5.91 Å². The summed E-state index contributed by atoms with van der Waals surface area (Å²) in [4.78, 5) is 10.5. The maximum atomic E-state index is 13.0. The van der Waals surface area contributed by atoms with Gasteiger partial charge < -0.3 is 11.1 Å². The molecule has 0 unspecified atom stereocenters. The molecule has 1 amide bonds. The van der Waals surface area contributed by atoms with Crippen LogP contribution < -0.4 is 11.1 Å². The number of halogens is 2. The Labute approximate surface area is 97.8 Å². The molecule has 84 valence electrons. The number of carbonyl (C=O) groups is 1. The highest BCUT2D eigenvalue weighted by Gasteiger charge is 2.04. The largest absolute Gasteiger partial charge is 0.397 e. The minimum atomic E-state index is -0.497. The van der Waals surface area contributed by atoms with E-state index in [1.54, 1.807) is 0 Å². The van der Waals surface area contributed by atoms with Crippen LogP contribution in [-0.4, -0.2) is 12.5 Å². The fourth-order valence-corrected chi connectivity index (χ4v) is 1.20. The Hall–Kier alpha value is -1.73. The molecule has 0 aliphatic heterocycles. The number of amides is 1. The number of benzene rings is 1. The summed E-state index contributed by atoms with van der Waals surface area (Å²) in [5.74, 6) is 4.60. The Balaban J connectivity index is 2.84. The van der Waals surface area contributed by atoms with Gasteiger partial charge in [-0.2, -0.15) is 0 Å². The lowest BCUT2D eigenvalue weighted by Crippen LogP contribution is -2.19. The van der Waals surface area contributed by atoms with Gasteiger partial charge in [0.15, 0.2) is 0 Å². The molecule has 1 aromatic carbocycles. The van der Waals surface area contributed by atoms with E-state index in [-0.39, 0.29) is 23.2 Å². The molecule has 0 aliphatic rings. The standard InChI is InChI=1S/C11H10ClFN2O/c1-7(16)15-4-2-3-8-5-9(13)6-10(12)11(8)14/h5-6H,4,14H2,1H3,(H,15,16). The molecule has 0 fully saturated rings. The first-order valence-corrected chi connectivity index (χ1v) is 4.86. The van der Waals surface area contributed by atoms with E-state index in [1.807, 2.05) is 0 Å². The number of nitrogen functional groups attached to an aromatic ring is 1. The van der Waals surface area contributed by atoms with Gasteiger partial charge in [0.1, 0.15) is 5.82 Å². The van der Waals surface area contributed by atoms with Crippen molar-refractivity contribution in [1.29, 1.82) is 0 Å². The van der Waals surface area contributed by atoms with Crippen LogP contribution in [0, 0.1) is 17.7 Å². The second-order valence-corrected chi connectivity index (χ2v) is 3.47. The number of rotatable bonds is 1. The number of carbonyl (C=O) groups excluding carboxylic acids is 1. The van der Waals surface area contributed by atoms with Crippen molar-refractivity contribution < 1.29 is 9.18 Å². The van der Waals surface area contributed by atoms with Gasteiger partial charge in [0.25, 0.3) is 0 Å². The third-order valence-corrected chi connectivity index (χ3v) is 2.06. The molecule has 5 heteroatoms. The molecule has 0 bridgehead atoms. The Kier molecular flexibility index (Phi) is 4.15. The highest BCUT2D eigenvalue weighted by Crippen LogP contribution is 2.23. The van der Waals surface area contributed by atoms with E-state index in [2.05, 4.69) is 17.2 Å². The van der Waals surface area contributed by atoms with Crippen LogP contribution >= 0.6 is 11.6 Å². The Bertz CT molecular complexity index is 477. The molecule has 3 nitrogen and oxygen atoms in total. The molecule has 16 heavy (non-hydrogen) atoms. The van der Waals surface area contributed by atoms with E-state index in [0.29, 0.717) is 5.56 Å². The number of nitrogens with one attached hydrogen (secondary N) is 1. The van der Waals surface area contributed by atoms with Gasteiger partial charge in [-0.1, -0.05) is 23.4 Å². The van der Waals surface area contributed by atoms with Crippen molar-refractivity contribution in [1.82, 2.24) is 5.32 Å². The molecule has 0 saturated heterocycles. The minimum absolute atomic E-state index is 0.129. The second-order valence-electron chi connectivity index (χ2n) is 3.06. The number of nitrogens with two attached hydrogens (primary N) is 1. The molecule has 1 rings (SSSR count). The Morgan fingerprint density at radius 2 is 2.31 bits per heavy atom. The molecule has 0 radical (unpaired) electrons. The zero-order valence-corrected chi connectivity index (χ0v) is 9.36. The van der Waals surface area contributed by atoms with Gasteiger partial charge in [-0.25, -0.2) is 4.39 Å². The molecule has 0 saturated carbocycles. The summed E-state index contributed by atoms with van der Waals surface area (Å²) in [6.45, 7) is 1.57. The number of hydrogen-bond acceptors (Lipinski definition) is 2. The van der Waals surface area contributed by atoms with E-state index in [1.165, 1.54) is 13.0 Å². The summed E-state index contributed by atoms with van der Waals surface area (Å²) in [6, 6.07) is 2.32. The lowest BCUT2D eigenvalue weighted by atomic mass is 10.2. The van der Waals surface area contributed by atoms with Gasteiger partial charge in [0.05, 0.1) is 22.8 Å². The van der Waals surface area contributed by atoms with Gasteiger partial charge in [-0.3, -0.25) is 4.79 Å². The normalized spacial score (nSPS) is 9.19. The van der Waals surface area contributed by atoms with Crippen LogP contribution in [0.25, 0.3) is 0 Å². The quantitative estimate of drug-likeness (QED) is 0.578. The van der Waals surface area contributed by atoms with Crippen molar-refractivity contribution in [2.45, 2.75) is 6.92 Å². The fourth-order valence-electron chi connectivity index (χ4n) is 0.996. The van der Waals surface area contributed by atoms with Crippen LogP contribution in [0.1, 0.15) is 12.5 Å². The van der Waals surface area contributed by atoms with Crippen molar-refractivity contribution >= 4 is 23.2 Å². The van der Waals surface area contributed by atoms with Gasteiger partial charge in [-0.05, 0) is 12.1 Å². The molecule has 0 aromatic heterocycles. The number of anilines is 1. The molecular formula is C11H10ClFN2O. The predicted molar refractivity (Wildman–Crippen MR) is 61.4 cm³/mol. The monoisotopic (exact) mass is 240 g/mol. The summed E-state index contributed by atoms with van der Waals surface area (Å²) < 4.78 is 13.0. The highest BCUT2D eigenvalue weighted by atomic mass is 35.5. The predicted octanol–water partition coefficient (Wildman–Crippen LogP) is 1.55. The average molecular weight is 241 g/mol. The molecule has 0 heterocycles. The first kappa shape index (κ1) is 12.3. The van der Waals surface area contributed by atoms with Gasteiger partial charge in [0, 0.05) is 6.92 Å². The van der Waals surface area contributed by atoms with E-state index < -0.39 is 5.82 Å². The van der Waals surface area contributed by atoms with Crippen molar-refractivity contribution in [3.8, 4) is 11.8 Å². The van der Waals surface area contributed by atoms with E-state index in [0.717, 1.165) is 6.07 Å². The maximum Gasteiger partial charge on any atom is 0.217 e. The van der Waals surface area contributed by atoms with Crippen LogP contribution in [0.3, 0.4) is 0 Å². The Morgan fingerprint density at radius 3 is 2.94 bits per heavy atom. The molecule has 0 aliphatic carbocycles. The second kappa shape index (κ2) is 5.38. The maximum absolute atomic E-state index is 13.0. The average Bonchev–Trinajstić information content (AvgIpc) is 2.19. The topological polar surface area (TPSA) is 55.1 Å². The zero-order chi connectivity index (χ0) is 12.1. The molecule has 0 atom stereocenters. The van der Waals surface area contributed by atoms with Crippen molar-refractivity contribution in [2.75, 3.05) is 12.3 Å². The molecule has 3 N–H and O–H groups in total. The molecule has 0 spiro atoms. The lowest BCUT2D eigenvalue weighted by Gasteiger charge is -2.01. The van der Waals surface area contributed by atoms with Gasteiger partial charge in [-0.15, -0.1) is 0 Å². The van der Waals surface area contributed by atoms with Crippen LogP contribution in [0.15, 0.2) is 12.1 Å². The highest BCUT2D eigenvalue weighted by molar-refractivity contribution is 6.33. The first-order valence-electron chi connectivity index (χ1n) is 4.48. The van der Waals surface area contributed by atoms with Crippen molar-refractivity contribution in [2.24, 2.45) is 0 Å². The summed E-state index contributed by atoms with van der Waals surface area (Å²) in [5, 5.41) is 2.61. The summed E-state index contributed by atoms with van der Waals surface area (Å²) >= 11 is 5.68. The molecular weight excluding hydrogens is 231 g/mol. The third kappa shape index (κ3) is 3.44. The fraction of sp³-hybridized carbons (Fsp3) is 0.182. The smallest absolute Gasteiger partial charge is 0.217 e. The SMILES string of the molecule is CC(=O)NCC#Cc1cc(F)cc(Cl)c1N. The summed E-state index contributed by atoms with van der Waals surface area (Å²) in [7, 11) is 0. The zero-order valence-electron chi connectivity index (χ0n) is 8.60. The van der Waals surface area contributed by atoms with Crippen LogP contribution in [-0.2, 0) is 4.79 Å². The summed E-state index contributed by atoms with van der Waals surface area (Å²) in [6.07, 6.45) is 0. The van der Waals surface area contributed by atoms with Crippen LogP contribution in [0.4, 0.5) is 10.1 Å². The minimum Gasteiger partial charge on any atom is -0.397 e. The van der Waals surface area contributed by atoms with E-state index in [9.17, 15) is 9.18 Å². The third-order valence-electron chi connectivity index (χ3n) is 1.74. The summed E-state index contributed by atoms with van der Waals surface area (Å²) in [5.41, 5.74) is 6.15. The van der Waals surface area contributed by atoms with Crippen LogP contribution in [0.5, 0.6) is 0 Å². The van der Waals surface area contributed by atoms with Crippen molar-refractivity contribution in [3.05, 3.63) is 28.5 Å². The number of hydrogen-bond donors (Lipinski definition) is 2. The lowest BCUT2D eigenvalue weighted by molar-refractivity contribution is -0.118. The molecule has 1 aromatic rings. The van der Waals surface area contributed by atoms with Crippen molar-refractivity contribution in [3.63, 3.8) is 0 Å². The van der Waals surface area contributed by atoms with Crippen LogP contribution in [0.2, 0.25) is 5.02 Å².